The quantitative estimate of drug-likeness (QED) is 0.882. The van der Waals surface area contributed by atoms with Crippen molar-refractivity contribution in [1.29, 1.82) is 0 Å². The lowest BCUT2D eigenvalue weighted by atomic mass is 10.0. The fraction of sp³-hybridized carbons (Fsp3) is 0.167. The van der Waals surface area contributed by atoms with E-state index in [1.54, 1.807) is 17.5 Å². The molecule has 0 aliphatic carbocycles. The van der Waals surface area contributed by atoms with Gasteiger partial charge in [-0.2, -0.15) is 13.2 Å². The van der Waals surface area contributed by atoms with Gasteiger partial charge in [0.25, 0.3) is 0 Å². The molecule has 1 atom stereocenters. The average Bonchev–Trinajstić information content (AvgIpc) is 2.80. The van der Waals surface area contributed by atoms with Crippen molar-refractivity contribution in [3.63, 3.8) is 0 Å². The van der Waals surface area contributed by atoms with Gasteiger partial charge in [-0.3, -0.25) is 0 Å². The molecular formula is C12H11ClF3NOS. The van der Waals surface area contributed by atoms with Crippen molar-refractivity contribution in [3.05, 3.63) is 51.7 Å². The van der Waals surface area contributed by atoms with Crippen molar-refractivity contribution in [2.24, 2.45) is 5.73 Å². The molecule has 1 aromatic heterocycles. The largest absolute Gasteiger partial charge is 0.508 e. The predicted molar refractivity (Wildman–Crippen MR) is 70.7 cm³/mol. The van der Waals surface area contributed by atoms with Crippen molar-refractivity contribution < 1.29 is 18.3 Å². The minimum absolute atomic E-state index is 0. The topological polar surface area (TPSA) is 46.2 Å². The Morgan fingerprint density at radius 1 is 1.21 bits per heavy atom. The van der Waals surface area contributed by atoms with Crippen LogP contribution < -0.4 is 5.73 Å². The molecule has 0 aliphatic rings. The van der Waals surface area contributed by atoms with Crippen LogP contribution in [0, 0.1) is 0 Å². The highest BCUT2D eigenvalue weighted by atomic mass is 35.5. The molecule has 0 unspecified atom stereocenters. The number of aromatic hydroxyl groups is 1. The fourth-order valence-electron chi connectivity index (χ4n) is 1.60. The summed E-state index contributed by atoms with van der Waals surface area (Å²) in [5, 5.41) is 11.4. The van der Waals surface area contributed by atoms with E-state index in [2.05, 4.69) is 0 Å². The van der Waals surface area contributed by atoms with Crippen molar-refractivity contribution in [3.8, 4) is 5.75 Å². The van der Waals surface area contributed by atoms with E-state index in [9.17, 15) is 18.3 Å². The van der Waals surface area contributed by atoms with E-state index in [1.165, 1.54) is 11.3 Å². The zero-order chi connectivity index (χ0) is 13.3. The lowest BCUT2D eigenvalue weighted by molar-refractivity contribution is -0.137. The smallest absolute Gasteiger partial charge is 0.416 e. The molecule has 2 rings (SSSR count). The van der Waals surface area contributed by atoms with Gasteiger partial charge in [0.1, 0.15) is 5.75 Å². The van der Waals surface area contributed by atoms with Crippen molar-refractivity contribution >= 4 is 23.7 Å². The molecule has 1 heterocycles. The molecule has 7 heteroatoms. The maximum absolute atomic E-state index is 12.6. The van der Waals surface area contributed by atoms with Gasteiger partial charge >= 0.3 is 6.18 Å². The van der Waals surface area contributed by atoms with Gasteiger partial charge in [-0.05, 0) is 29.6 Å². The third-order valence-corrected chi connectivity index (χ3v) is 3.50. The highest BCUT2D eigenvalue weighted by Crippen LogP contribution is 2.36. The number of alkyl halides is 3. The van der Waals surface area contributed by atoms with Crippen LogP contribution in [0.5, 0.6) is 5.75 Å². The average molecular weight is 310 g/mol. The first-order valence-corrected chi connectivity index (χ1v) is 5.96. The van der Waals surface area contributed by atoms with E-state index >= 15 is 0 Å². The lowest BCUT2D eigenvalue weighted by Gasteiger charge is -2.15. The van der Waals surface area contributed by atoms with E-state index in [4.69, 9.17) is 5.73 Å². The van der Waals surface area contributed by atoms with Crippen LogP contribution in [0.15, 0.2) is 35.7 Å². The Bertz CT molecular complexity index is 542. The maximum atomic E-state index is 12.6. The van der Waals surface area contributed by atoms with E-state index < -0.39 is 17.8 Å². The van der Waals surface area contributed by atoms with Crippen LogP contribution >= 0.6 is 23.7 Å². The normalized spacial score (nSPS) is 12.8. The zero-order valence-electron chi connectivity index (χ0n) is 9.52. The molecule has 0 bridgehead atoms. The molecular weight excluding hydrogens is 299 g/mol. The maximum Gasteiger partial charge on any atom is 0.416 e. The molecule has 0 saturated heterocycles. The molecule has 2 aromatic rings. The second-order valence-corrected chi connectivity index (χ2v) is 4.74. The van der Waals surface area contributed by atoms with Crippen molar-refractivity contribution in [2.45, 2.75) is 12.2 Å². The lowest BCUT2D eigenvalue weighted by Crippen LogP contribution is -2.13. The first-order chi connectivity index (χ1) is 8.39. The summed E-state index contributed by atoms with van der Waals surface area (Å²) in [6, 6.07) is 5.46. The Labute approximate surface area is 118 Å². The second-order valence-electron chi connectivity index (χ2n) is 3.76. The van der Waals surface area contributed by atoms with E-state index in [0.717, 1.165) is 18.2 Å². The number of nitrogens with two attached hydrogens (primary N) is 1. The highest BCUT2D eigenvalue weighted by Gasteiger charge is 2.31. The molecule has 0 aliphatic heterocycles. The summed E-state index contributed by atoms with van der Waals surface area (Å²) >= 11 is 1.33. The molecule has 0 radical (unpaired) electrons. The van der Waals surface area contributed by atoms with Crippen LogP contribution in [-0.2, 0) is 6.18 Å². The Kier molecular flexibility index (Phi) is 4.84. The van der Waals surface area contributed by atoms with Gasteiger partial charge in [0.05, 0.1) is 11.6 Å². The minimum atomic E-state index is -4.45. The summed E-state index contributed by atoms with van der Waals surface area (Å²) in [4.78, 5) is 0.699. The first-order valence-electron chi connectivity index (χ1n) is 5.08. The van der Waals surface area contributed by atoms with Crippen LogP contribution in [-0.4, -0.2) is 5.11 Å². The Hall–Kier alpha value is -1.24. The SMILES string of the molecule is Cl.N[C@@H](c1cccs1)c1cc(C(F)(F)F)ccc1O. The molecule has 19 heavy (non-hydrogen) atoms. The number of thiophene rings is 1. The van der Waals surface area contributed by atoms with Gasteiger partial charge in [-0.1, -0.05) is 6.07 Å². The van der Waals surface area contributed by atoms with Gasteiger partial charge in [-0.15, -0.1) is 23.7 Å². The van der Waals surface area contributed by atoms with Crippen LogP contribution in [0.4, 0.5) is 13.2 Å². The first kappa shape index (κ1) is 15.8. The molecule has 0 amide bonds. The number of phenolic OH excluding ortho intramolecular Hbond substituents is 1. The highest BCUT2D eigenvalue weighted by molar-refractivity contribution is 7.10. The standard InChI is InChI=1S/C12H10F3NOS.ClH/c13-12(14,15)7-3-4-9(17)8(6-7)11(16)10-2-1-5-18-10;/h1-6,11,17H,16H2;1H/t11-;/m1./s1. The number of benzene rings is 1. The number of hydrogen-bond donors (Lipinski definition) is 2. The van der Waals surface area contributed by atoms with Crippen LogP contribution in [0.25, 0.3) is 0 Å². The molecule has 0 saturated carbocycles. The fourth-order valence-corrected chi connectivity index (χ4v) is 2.35. The van der Waals surface area contributed by atoms with Crippen molar-refractivity contribution in [1.82, 2.24) is 0 Å². The molecule has 0 fully saturated rings. The van der Waals surface area contributed by atoms with Crippen LogP contribution in [0.1, 0.15) is 22.0 Å². The number of phenols is 1. The number of hydrogen-bond acceptors (Lipinski definition) is 3. The Morgan fingerprint density at radius 2 is 1.89 bits per heavy atom. The Morgan fingerprint density at radius 3 is 2.42 bits per heavy atom. The van der Waals surface area contributed by atoms with Crippen molar-refractivity contribution in [2.75, 3.05) is 0 Å². The summed E-state index contributed by atoms with van der Waals surface area (Å²) in [7, 11) is 0. The molecule has 3 N–H and O–H groups in total. The molecule has 104 valence electrons. The zero-order valence-corrected chi connectivity index (χ0v) is 11.1. The third kappa shape index (κ3) is 3.40. The number of rotatable bonds is 2. The minimum Gasteiger partial charge on any atom is -0.508 e. The van der Waals surface area contributed by atoms with Gasteiger partial charge in [0.15, 0.2) is 0 Å². The van der Waals surface area contributed by atoms with Gasteiger partial charge in [-0.25, -0.2) is 0 Å². The van der Waals surface area contributed by atoms with E-state index in [1.807, 2.05) is 0 Å². The molecule has 0 spiro atoms. The third-order valence-electron chi connectivity index (χ3n) is 2.54. The summed E-state index contributed by atoms with van der Waals surface area (Å²) < 4.78 is 37.8. The summed E-state index contributed by atoms with van der Waals surface area (Å²) in [6.07, 6.45) is -4.45. The Balaban J connectivity index is 0.00000180. The van der Waals surface area contributed by atoms with E-state index in [-0.39, 0.29) is 23.7 Å². The summed E-state index contributed by atoms with van der Waals surface area (Å²) in [5.41, 5.74) is 5.12. The number of halogens is 4. The van der Waals surface area contributed by atoms with Gasteiger partial charge < -0.3 is 10.8 Å². The summed E-state index contributed by atoms with van der Waals surface area (Å²) in [5.74, 6) is -0.232. The monoisotopic (exact) mass is 309 g/mol. The van der Waals surface area contributed by atoms with E-state index in [0.29, 0.717) is 4.88 Å². The summed E-state index contributed by atoms with van der Waals surface area (Å²) in [6.45, 7) is 0. The predicted octanol–water partition coefficient (Wildman–Crippen LogP) is 3.94. The molecule has 2 nitrogen and oxygen atoms in total. The second kappa shape index (κ2) is 5.81. The van der Waals surface area contributed by atoms with Gasteiger partial charge in [0, 0.05) is 10.4 Å². The van der Waals surface area contributed by atoms with Crippen LogP contribution in [0.3, 0.4) is 0 Å². The van der Waals surface area contributed by atoms with Crippen LogP contribution in [0.2, 0.25) is 0 Å². The van der Waals surface area contributed by atoms with Gasteiger partial charge in [0.2, 0.25) is 0 Å². The molecule has 1 aromatic carbocycles.